The number of nitrogens with zero attached hydrogens (tertiary/aromatic N) is 1. The number of ketones is 1. The summed E-state index contributed by atoms with van der Waals surface area (Å²) in [6.45, 7) is 0.771. The zero-order valence-electron chi connectivity index (χ0n) is 10.2. The molecule has 1 fully saturated rings. The van der Waals surface area contributed by atoms with Crippen LogP contribution < -0.4 is 5.32 Å². The van der Waals surface area contributed by atoms with Crippen molar-refractivity contribution in [3.05, 3.63) is 42.1 Å². The molecule has 0 saturated heterocycles. The highest BCUT2D eigenvalue weighted by atomic mass is 16.1. The predicted octanol–water partition coefficient (Wildman–Crippen LogP) is 2.56. The molecule has 0 radical (unpaired) electrons. The van der Waals surface area contributed by atoms with Crippen LogP contribution in [0.25, 0.3) is 10.9 Å². The molecule has 0 spiro atoms. The number of para-hydroxylation sites is 1. The van der Waals surface area contributed by atoms with Crippen molar-refractivity contribution >= 4 is 16.7 Å². The second-order valence-electron chi connectivity index (χ2n) is 4.78. The summed E-state index contributed by atoms with van der Waals surface area (Å²) in [6, 6.07) is 10.3. The molecule has 3 heteroatoms. The summed E-state index contributed by atoms with van der Waals surface area (Å²) >= 11 is 0. The lowest BCUT2D eigenvalue weighted by Gasteiger charge is -2.05. The van der Waals surface area contributed by atoms with E-state index in [4.69, 9.17) is 0 Å². The first-order valence-electron chi connectivity index (χ1n) is 6.45. The maximum Gasteiger partial charge on any atom is 0.166 e. The van der Waals surface area contributed by atoms with Gasteiger partial charge in [-0.1, -0.05) is 18.2 Å². The minimum absolute atomic E-state index is 0.174. The number of aromatic nitrogens is 1. The first-order valence-corrected chi connectivity index (χ1v) is 6.45. The van der Waals surface area contributed by atoms with E-state index in [1.54, 1.807) is 6.20 Å². The topological polar surface area (TPSA) is 42.0 Å². The van der Waals surface area contributed by atoms with Crippen LogP contribution in [0.3, 0.4) is 0 Å². The van der Waals surface area contributed by atoms with Crippen molar-refractivity contribution in [3.63, 3.8) is 0 Å². The molecule has 1 aromatic heterocycles. The van der Waals surface area contributed by atoms with E-state index >= 15 is 0 Å². The first kappa shape index (κ1) is 11.4. The van der Waals surface area contributed by atoms with E-state index in [9.17, 15) is 4.79 Å². The fraction of sp³-hybridized carbons (Fsp3) is 0.333. The summed E-state index contributed by atoms with van der Waals surface area (Å²) in [5.74, 6) is 0.174. The highest BCUT2D eigenvalue weighted by Gasteiger charge is 2.20. The Balaban J connectivity index is 1.77. The van der Waals surface area contributed by atoms with Gasteiger partial charge in [0, 0.05) is 36.2 Å². The van der Waals surface area contributed by atoms with Gasteiger partial charge in [0.1, 0.15) is 0 Å². The van der Waals surface area contributed by atoms with Crippen LogP contribution in [-0.2, 0) is 0 Å². The lowest BCUT2D eigenvalue weighted by Crippen LogP contribution is -2.20. The molecule has 92 valence electrons. The summed E-state index contributed by atoms with van der Waals surface area (Å²) in [5, 5.41) is 4.39. The second kappa shape index (κ2) is 4.86. The molecule has 1 N–H and O–H groups in total. The molecule has 18 heavy (non-hydrogen) atoms. The number of rotatable bonds is 5. The van der Waals surface area contributed by atoms with Crippen LogP contribution in [0.15, 0.2) is 36.5 Å². The third-order valence-electron chi connectivity index (χ3n) is 3.30. The maximum atomic E-state index is 12.2. The van der Waals surface area contributed by atoms with Crippen LogP contribution in [0.5, 0.6) is 0 Å². The molecule has 1 aromatic carbocycles. The van der Waals surface area contributed by atoms with E-state index in [0.29, 0.717) is 12.5 Å². The van der Waals surface area contributed by atoms with Crippen LogP contribution in [0.2, 0.25) is 0 Å². The summed E-state index contributed by atoms with van der Waals surface area (Å²) in [7, 11) is 0. The molecule has 0 unspecified atom stereocenters. The zero-order valence-corrected chi connectivity index (χ0v) is 10.2. The highest BCUT2D eigenvalue weighted by molar-refractivity contribution is 6.06. The first-order chi connectivity index (χ1) is 8.84. The van der Waals surface area contributed by atoms with E-state index in [2.05, 4.69) is 10.3 Å². The molecule has 0 aliphatic heterocycles. The van der Waals surface area contributed by atoms with Crippen molar-refractivity contribution in [2.45, 2.75) is 25.3 Å². The van der Waals surface area contributed by atoms with Crippen LogP contribution in [0, 0.1) is 0 Å². The van der Waals surface area contributed by atoms with Gasteiger partial charge in [-0.3, -0.25) is 9.78 Å². The Bertz CT molecular complexity index is 570. The Morgan fingerprint density at radius 1 is 1.28 bits per heavy atom. The molecule has 0 bridgehead atoms. The molecule has 3 rings (SSSR count). The van der Waals surface area contributed by atoms with Crippen molar-refractivity contribution in [1.82, 2.24) is 10.3 Å². The van der Waals surface area contributed by atoms with Crippen LogP contribution in [-0.4, -0.2) is 23.4 Å². The second-order valence-corrected chi connectivity index (χ2v) is 4.78. The minimum Gasteiger partial charge on any atom is -0.314 e. The number of hydrogen-bond acceptors (Lipinski definition) is 3. The Morgan fingerprint density at radius 3 is 2.94 bits per heavy atom. The molecule has 1 aliphatic carbocycles. The van der Waals surface area contributed by atoms with Gasteiger partial charge in [-0.2, -0.15) is 0 Å². The summed E-state index contributed by atoms with van der Waals surface area (Å²) in [5.41, 5.74) is 1.56. The number of benzene rings is 1. The third kappa shape index (κ3) is 2.41. The van der Waals surface area contributed by atoms with Gasteiger partial charge in [-0.15, -0.1) is 0 Å². The summed E-state index contributed by atoms with van der Waals surface area (Å²) in [4.78, 5) is 16.5. The van der Waals surface area contributed by atoms with Crippen molar-refractivity contribution in [2.24, 2.45) is 0 Å². The number of nitrogens with one attached hydrogen (secondary N) is 1. The van der Waals surface area contributed by atoms with E-state index in [1.807, 2.05) is 30.3 Å². The average molecular weight is 240 g/mol. The molecule has 0 atom stereocenters. The molecule has 2 aromatic rings. The lowest BCUT2D eigenvalue weighted by molar-refractivity contribution is 0.0984. The maximum absolute atomic E-state index is 12.2. The zero-order chi connectivity index (χ0) is 12.4. The SMILES string of the molecule is O=C(CCNC1CC1)c1cccc2cccnc12. The van der Waals surface area contributed by atoms with Crippen molar-refractivity contribution in [1.29, 1.82) is 0 Å². The normalized spacial score (nSPS) is 14.9. The number of carbonyl (C=O) groups is 1. The Morgan fingerprint density at radius 2 is 2.11 bits per heavy atom. The predicted molar refractivity (Wildman–Crippen MR) is 71.7 cm³/mol. The number of carbonyl (C=O) groups excluding carboxylic acids is 1. The fourth-order valence-corrected chi connectivity index (χ4v) is 2.14. The number of pyridine rings is 1. The van der Waals surface area contributed by atoms with E-state index in [0.717, 1.165) is 23.0 Å². The van der Waals surface area contributed by atoms with E-state index < -0.39 is 0 Å². The molecular weight excluding hydrogens is 224 g/mol. The van der Waals surface area contributed by atoms with Gasteiger partial charge < -0.3 is 5.32 Å². The van der Waals surface area contributed by atoms with Crippen LogP contribution in [0.1, 0.15) is 29.6 Å². The van der Waals surface area contributed by atoms with Gasteiger partial charge in [0.05, 0.1) is 5.52 Å². The van der Waals surface area contributed by atoms with Gasteiger partial charge in [-0.25, -0.2) is 0 Å². The summed E-state index contributed by atoms with van der Waals surface area (Å²) in [6.07, 6.45) is 4.79. The molecular formula is C15H16N2O. The van der Waals surface area contributed by atoms with E-state index in [1.165, 1.54) is 12.8 Å². The van der Waals surface area contributed by atoms with Gasteiger partial charge in [0.2, 0.25) is 0 Å². The van der Waals surface area contributed by atoms with Gasteiger partial charge in [0.25, 0.3) is 0 Å². The van der Waals surface area contributed by atoms with Gasteiger partial charge >= 0.3 is 0 Å². The number of fused-ring (bicyclic) bond motifs is 1. The van der Waals surface area contributed by atoms with Gasteiger partial charge in [0.15, 0.2) is 5.78 Å². The lowest BCUT2D eigenvalue weighted by atomic mass is 10.0. The summed E-state index contributed by atoms with van der Waals surface area (Å²) < 4.78 is 0. The molecule has 1 heterocycles. The highest BCUT2D eigenvalue weighted by Crippen LogP contribution is 2.19. The number of Topliss-reactive ketones (excluding diaryl/α,β-unsaturated/α-hetero) is 1. The van der Waals surface area contributed by atoms with Crippen LogP contribution >= 0.6 is 0 Å². The third-order valence-corrected chi connectivity index (χ3v) is 3.30. The smallest absolute Gasteiger partial charge is 0.166 e. The molecule has 1 aliphatic rings. The largest absolute Gasteiger partial charge is 0.314 e. The number of hydrogen-bond donors (Lipinski definition) is 1. The molecule has 3 nitrogen and oxygen atoms in total. The standard InChI is InChI=1S/C15H16N2O/c18-14(8-10-16-12-6-7-12)13-5-1-3-11-4-2-9-17-15(11)13/h1-5,9,12,16H,6-8,10H2. The Kier molecular flexibility index (Phi) is 3.07. The van der Waals surface area contributed by atoms with Crippen molar-refractivity contribution < 1.29 is 4.79 Å². The average Bonchev–Trinajstić information content (AvgIpc) is 3.22. The minimum atomic E-state index is 0.174. The van der Waals surface area contributed by atoms with Gasteiger partial charge in [-0.05, 0) is 25.0 Å². The van der Waals surface area contributed by atoms with Crippen LogP contribution in [0.4, 0.5) is 0 Å². The fourth-order valence-electron chi connectivity index (χ4n) is 2.14. The van der Waals surface area contributed by atoms with Crippen molar-refractivity contribution in [2.75, 3.05) is 6.54 Å². The molecule has 0 amide bonds. The Labute approximate surface area is 106 Å². The molecule has 1 saturated carbocycles. The van der Waals surface area contributed by atoms with Crippen molar-refractivity contribution in [3.8, 4) is 0 Å². The monoisotopic (exact) mass is 240 g/mol. The van der Waals surface area contributed by atoms with E-state index in [-0.39, 0.29) is 5.78 Å². The Hall–Kier alpha value is -1.74. The quantitative estimate of drug-likeness (QED) is 0.817.